The van der Waals surface area contributed by atoms with Crippen LogP contribution in [-0.4, -0.2) is 19.2 Å². The number of ether oxygens (including phenoxy) is 2. The van der Waals surface area contributed by atoms with Crippen LogP contribution >= 0.6 is 23.2 Å². The molecule has 5 heteroatoms. The summed E-state index contributed by atoms with van der Waals surface area (Å²) in [5.74, 6) is 0.342. The molecule has 0 radical (unpaired) electrons. The minimum atomic E-state index is -0.247. The van der Waals surface area contributed by atoms with Crippen molar-refractivity contribution in [1.82, 2.24) is 0 Å². The quantitative estimate of drug-likeness (QED) is 0.560. The molecule has 100 valence electrons. The van der Waals surface area contributed by atoms with Gasteiger partial charge in [-0.3, -0.25) is 4.79 Å². The molecule has 0 amide bonds. The summed E-state index contributed by atoms with van der Waals surface area (Å²) in [4.78, 5) is 11.3. The number of hydrogen-bond acceptors (Lipinski definition) is 3. The topological polar surface area (TPSA) is 35.5 Å². The number of carbonyl (C=O) groups excluding carboxylic acids is 1. The maximum Gasteiger partial charge on any atom is 0.309 e. The van der Waals surface area contributed by atoms with E-state index < -0.39 is 0 Å². The van der Waals surface area contributed by atoms with Gasteiger partial charge < -0.3 is 9.47 Å². The average molecular weight is 291 g/mol. The third-order valence-electron chi connectivity index (χ3n) is 2.23. The number of halogens is 2. The molecule has 1 aromatic carbocycles. The normalized spacial score (nSPS) is 10.2. The van der Waals surface area contributed by atoms with Gasteiger partial charge in [0.05, 0.1) is 29.7 Å². The van der Waals surface area contributed by atoms with E-state index in [0.29, 0.717) is 22.4 Å². The molecule has 0 spiro atoms. The minimum absolute atomic E-state index is 0.226. The maximum atomic E-state index is 11.3. The summed E-state index contributed by atoms with van der Waals surface area (Å²) in [7, 11) is 0. The van der Waals surface area contributed by atoms with Crippen molar-refractivity contribution in [3.63, 3.8) is 0 Å². The van der Waals surface area contributed by atoms with E-state index in [4.69, 9.17) is 32.7 Å². The van der Waals surface area contributed by atoms with Gasteiger partial charge in [0, 0.05) is 6.07 Å². The van der Waals surface area contributed by atoms with Crippen molar-refractivity contribution in [1.29, 1.82) is 0 Å². The minimum Gasteiger partial charge on any atom is -0.493 e. The molecule has 0 saturated heterocycles. The summed E-state index contributed by atoms with van der Waals surface area (Å²) in [6.07, 6.45) is 2.12. The van der Waals surface area contributed by atoms with Crippen molar-refractivity contribution in [2.75, 3.05) is 13.2 Å². The van der Waals surface area contributed by atoms with Crippen LogP contribution in [0.4, 0.5) is 0 Å². The van der Waals surface area contributed by atoms with E-state index >= 15 is 0 Å². The van der Waals surface area contributed by atoms with Crippen molar-refractivity contribution < 1.29 is 14.3 Å². The molecule has 0 heterocycles. The summed E-state index contributed by atoms with van der Waals surface area (Å²) in [6.45, 7) is 2.78. The zero-order chi connectivity index (χ0) is 13.4. The van der Waals surface area contributed by atoms with Gasteiger partial charge in [0.2, 0.25) is 0 Å². The Kier molecular flexibility index (Phi) is 6.91. The predicted molar refractivity (Wildman–Crippen MR) is 72.4 cm³/mol. The molecule has 0 fully saturated rings. The molecule has 0 aliphatic heterocycles. The molecule has 0 atom stereocenters. The van der Waals surface area contributed by atoms with Crippen LogP contribution in [0.3, 0.4) is 0 Å². The van der Waals surface area contributed by atoms with Crippen LogP contribution in [-0.2, 0) is 9.53 Å². The third kappa shape index (κ3) is 5.61. The Balaban J connectivity index is 2.24. The molecule has 0 unspecified atom stereocenters. The monoisotopic (exact) mass is 290 g/mol. The van der Waals surface area contributed by atoms with Gasteiger partial charge in [-0.1, -0.05) is 36.5 Å². The van der Waals surface area contributed by atoms with E-state index in [2.05, 4.69) is 0 Å². The second-order valence-corrected chi connectivity index (χ2v) is 4.56. The largest absolute Gasteiger partial charge is 0.493 e. The van der Waals surface area contributed by atoms with E-state index in [1.54, 1.807) is 18.2 Å². The number of unbranched alkanes of at least 4 members (excludes halogenated alkanes) is 1. The van der Waals surface area contributed by atoms with Crippen LogP contribution < -0.4 is 4.74 Å². The fourth-order valence-electron chi connectivity index (χ4n) is 1.22. The molecule has 0 aromatic heterocycles. The molecule has 0 saturated carbocycles. The van der Waals surface area contributed by atoms with Gasteiger partial charge in [0.25, 0.3) is 0 Å². The van der Waals surface area contributed by atoms with E-state index in [1.165, 1.54) is 0 Å². The Morgan fingerprint density at radius 1 is 1.22 bits per heavy atom. The van der Waals surface area contributed by atoms with Crippen LogP contribution in [0.1, 0.15) is 26.2 Å². The van der Waals surface area contributed by atoms with E-state index in [-0.39, 0.29) is 19.0 Å². The lowest BCUT2D eigenvalue weighted by Crippen LogP contribution is -2.10. The lowest BCUT2D eigenvalue weighted by molar-refractivity contribution is -0.144. The average Bonchev–Trinajstić information content (AvgIpc) is 2.34. The summed E-state index contributed by atoms with van der Waals surface area (Å²) >= 11 is 11.6. The second-order valence-electron chi connectivity index (χ2n) is 3.75. The van der Waals surface area contributed by atoms with Gasteiger partial charge in [0.15, 0.2) is 0 Å². The Morgan fingerprint density at radius 2 is 2.00 bits per heavy atom. The summed E-state index contributed by atoms with van der Waals surface area (Å²) < 4.78 is 10.4. The van der Waals surface area contributed by atoms with Crippen molar-refractivity contribution in [2.45, 2.75) is 26.2 Å². The van der Waals surface area contributed by atoms with Gasteiger partial charge in [0.1, 0.15) is 5.75 Å². The van der Waals surface area contributed by atoms with Gasteiger partial charge in [-0.25, -0.2) is 0 Å². The molecular formula is C13H16Cl2O3. The Labute approximate surface area is 117 Å². The first-order valence-electron chi connectivity index (χ1n) is 5.87. The maximum absolute atomic E-state index is 11.3. The standard InChI is InChI=1S/C13H16Cl2O3/c1-2-3-7-18-13(16)6-8-17-10-4-5-11(14)12(15)9-10/h4-5,9H,2-3,6-8H2,1H3. The highest BCUT2D eigenvalue weighted by atomic mass is 35.5. The Bertz CT molecular complexity index is 394. The first kappa shape index (κ1) is 15.1. The fourth-order valence-corrected chi connectivity index (χ4v) is 1.51. The summed E-state index contributed by atoms with van der Waals surface area (Å²) in [6, 6.07) is 4.97. The third-order valence-corrected chi connectivity index (χ3v) is 2.97. The van der Waals surface area contributed by atoms with Gasteiger partial charge >= 0.3 is 5.97 Å². The van der Waals surface area contributed by atoms with Gasteiger partial charge in [-0.05, 0) is 18.6 Å². The molecule has 0 bridgehead atoms. The zero-order valence-electron chi connectivity index (χ0n) is 10.2. The summed E-state index contributed by atoms with van der Waals surface area (Å²) in [5.41, 5.74) is 0. The number of carbonyl (C=O) groups is 1. The molecule has 3 nitrogen and oxygen atoms in total. The SMILES string of the molecule is CCCCOC(=O)CCOc1ccc(Cl)c(Cl)c1. The molecular weight excluding hydrogens is 275 g/mol. The first-order chi connectivity index (χ1) is 8.63. The lowest BCUT2D eigenvalue weighted by atomic mass is 10.3. The number of hydrogen-bond donors (Lipinski definition) is 0. The number of esters is 1. The van der Waals surface area contributed by atoms with Crippen molar-refractivity contribution in [3.05, 3.63) is 28.2 Å². The van der Waals surface area contributed by atoms with E-state index in [1.807, 2.05) is 6.92 Å². The van der Waals surface area contributed by atoms with Crippen LogP contribution in [0, 0.1) is 0 Å². The van der Waals surface area contributed by atoms with Gasteiger partial charge in [-0.15, -0.1) is 0 Å². The van der Waals surface area contributed by atoms with Gasteiger partial charge in [-0.2, -0.15) is 0 Å². The highest BCUT2D eigenvalue weighted by Gasteiger charge is 2.04. The number of benzene rings is 1. The highest BCUT2D eigenvalue weighted by molar-refractivity contribution is 6.42. The predicted octanol–water partition coefficient (Wildman–Crippen LogP) is 4.11. The van der Waals surface area contributed by atoms with E-state index in [0.717, 1.165) is 12.8 Å². The molecule has 18 heavy (non-hydrogen) atoms. The van der Waals surface area contributed by atoms with Crippen LogP contribution in [0.25, 0.3) is 0 Å². The van der Waals surface area contributed by atoms with Crippen molar-refractivity contribution in [3.8, 4) is 5.75 Å². The zero-order valence-corrected chi connectivity index (χ0v) is 11.8. The Hall–Kier alpha value is -0.930. The number of rotatable bonds is 7. The molecule has 1 rings (SSSR count). The smallest absolute Gasteiger partial charge is 0.309 e. The molecule has 0 N–H and O–H groups in total. The summed E-state index contributed by atoms with van der Waals surface area (Å²) in [5, 5.41) is 0.905. The highest BCUT2D eigenvalue weighted by Crippen LogP contribution is 2.26. The molecule has 0 aliphatic carbocycles. The van der Waals surface area contributed by atoms with E-state index in [9.17, 15) is 4.79 Å². The van der Waals surface area contributed by atoms with Crippen molar-refractivity contribution in [2.24, 2.45) is 0 Å². The molecule has 0 aliphatic rings. The van der Waals surface area contributed by atoms with Crippen LogP contribution in [0.5, 0.6) is 5.75 Å². The first-order valence-corrected chi connectivity index (χ1v) is 6.62. The van der Waals surface area contributed by atoms with Crippen LogP contribution in [0.2, 0.25) is 10.0 Å². The lowest BCUT2D eigenvalue weighted by Gasteiger charge is -2.07. The van der Waals surface area contributed by atoms with Crippen LogP contribution in [0.15, 0.2) is 18.2 Å². The second kappa shape index (κ2) is 8.22. The fraction of sp³-hybridized carbons (Fsp3) is 0.462. The molecule has 1 aromatic rings. The van der Waals surface area contributed by atoms with Crippen molar-refractivity contribution >= 4 is 29.2 Å². The Morgan fingerprint density at radius 3 is 2.67 bits per heavy atom.